The molecule has 0 aliphatic carbocycles. The van der Waals surface area contributed by atoms with Crippen LogP contribution in [0.25, 0.3) is 0 Å². The standard InChI is InChI=1S/C12H22N2S/c1-3-11-6-7-12(15-11)10(2)14-9-5-4-8-13/h6-7,10,14H,3-5,8-9,13H2,1-2H3. The molecule has 0 radical (unpaired) electrons. The van der Waals surface area contributed by atoms with Gasteiger partial charge in [-0.2, -0.15) is 0 Å². The first kappa shape index (κ1) is 12.7. The highest BCUT2D eigenvalue weighted by atomic mass is 32.1. The Kier molecular flexibility index (Phi) is 5.91. The lowest BCUT2D eigenvalue weighted by Crippen LogP contribution is -2.19. The van der Waals surface area contributed by atoms with E-state index in [2.05, 4.69) is 31.3 Å². The highest BCUT2D eigenvalue weighted by Gasteiger charge is 2.06. The molecule has 1 aromatic rings. The number of thiophene rings is 1. The van der Waals surface area contributed by atoms with Gasteiger partial charge in [0, 0.05) is 15.8 Å². The maximum absolute atomic E-state index is 5.45. The van der Waals surface area contributed by atoms with Crippen LogP contribution in [0.4, 0.5) is 0 Å². The van der Waals surface area contributed by atoms with E-state index in [1.807, 2.05) is 11.3 Å². The first-order valence-electron chi connectivity index (χ1n) is 5.80. The predicted octanol–water partition coefficient (Wildman–Crippen LogP) is 2.70. The molecule has 0 aliphatic rings. The minimum atomic E-state index is 0.480. The monoisotopic (exact) mass is 226 g/mol. The minimum Gasteiger partial charge on any atom is -0.330 e. The van der Waals surface area contributed by atoms with Crippen molar-refractivity contribution in [1.82, 2.24) is 5.32 Å². The first-order valence-corrected chi connectivity index (χ1v) is 6.61. The molecule has 15 heavy (non-hydrogen) atoms. The van der Waals surface area contributed by atoms with Crippen LogP contribution < -0.4 is 11.1 Å². The molecule has 3 heteroatoms. The average molecular weight is 226 g/mol. The van der Waals surface area contributed by atoms with Gasteiger partial charge in [-0.15, -0.1) is 11.3 Å². The topological polar surface area (TPSA) is 38.0 Å². The predicted molar refractivity (Wildman–Crippen MR) is 68.4 cm³/mol. The van der Waals surface area contributed by atoms with E-state index >= 15 is 0 Å². The molecule has 2 nitrogen and oxygen atoms in total. The third-order valence-corrected chi connectivity index (χ3v) is 3.95. The van der Waals surface area contributed by atoms with Crippen LogP contribution in [0.3, 0.4) is 0 Å². The number of hydrogen-bond acceptors (Lipinski definition) is 3. The van der Waals surface area contributed by atoms with E-state index in [4.69, 9.17) is 5.73 Å². The van der Waals surface area contributed by atoms with Gasteiger partial charge in [0.2, 0.25) is 0 Å². The fraction of sp³-hybridized carbons (Fsp3) is 0.667. The van der Waals surface area contributed by atoms with Crippen LogP contribution in [0.5, 0.6) is 0 Å². The van der Waals surface area contributed by atoms with Crippen LogP contribution in [0.15, 0.2) is 12.1 Å². The summed E-state index contributed by atoms with van der Waals surface area (Å²) in [5.74, 6) is 0. The second-order valence-electron chi connectivity index (χ2n) is 3.83. The van der Waals surface area contributed by atoms with Crippen molar-refractivity contribution in [3.05, 3.63) is 21.9 Å². The van der Waals surface area contributed by atoms with Gasteiger partial charge in [0.15, 0.2) is 0 Å². The Bertz CT molecular complexity index is 270. The molecule has 0 aliphatic heterocycles. The third-order valence-electron chi connectivity index (χ3n) is 2.54. The lowest BCUT2D eigenvalue weighted by atomic mass is 10.2. The van der Waals surface area contributed by atoms with Gasteiger partial charge in [-0.25, -0.2) is 0 Å². The van der Waals surface area contributed by atoms with Crippen LogP contribution in [-0.4, -0.2) is 13.1 Å². The largest absolute Gasteiger partial charge is 0.330 e. The molecule has 0 saturated heterocycles. The molecule has 3 N–H and O–H groups in total. The normalized spacial score (nSPS) is 13.0. The van der Waals surface area contributed by atoms with Gasteiger partial charge in [-0.3, -0.25) is 0 Å². The zero-order chi connectivity index (χ0) is 11.1. The maximum Gasteiger partial charge on any atom is 0.0386 e. The van der Waals surface area contributed by atoms with Crippen molar-refractivity contribution in [2.75, 3.05) is 13.1 Å². The van der Waals surface area contributed by atoms with Crippen LogP contribution >= 0.6 is 11.3 Å². The first-order chi connectivity index (χ1) is 7.27. The van der Waals surface area contributed by atoms with Crippen LogP contribution in [0.2, 0.25) is 0 Å². The van der Waals surface area contributed by atoms with E-state index in [0.29, 0.717) is 6.04 Å². The number of hydrogen-bond donors (Lipinski definition) is 2. The molecule has 86 valence electrons. The zero-order valence-electron chi connectivity index (χ0n) is 9.75. The van der Waals surface area contributed by atoms with Gasteiger partial charge in [0.1, 0.15) is 0 Å². The van der Waals surface area contributed by atoms with Gasteiger partial charge in [-0.05, 0) is 51.4 Å². The molecule has 0 bridgehead atoms. The second-order valence-corrected chi connectivity index (χ2v) is 5.03. The molecule has 1 unspecified atom stereocenters. The molecule has 0 spiro atoms. The van der Waals surface area contributed by atoms with Crippen molar-refractivity contribution in [3.63, 3.8) is 0 Å². The van der Waals surface area contributed by atoms with Gasteiger partial charge < -0.3 is 11.1 Å². The molecule has 1 heterocycles. The number of rotatable bonds is 7. The summed E-state index contributed by atoms with van der Waals surface area (Å²) in [6, 6.07) is 4.95. The lowest BCUT2D eigenvalue weighted by Gasteiger charge is -2.11. The Labute approximate surface area is 96.9 Å². The van der Waals surface area contributed by atoms with Gasteiger partial charge >= 0.3 is 0 Å². The molecule has 1 rings (SSSR count). The zero-order valence-corrected chi connectivity index (χ0v) is 10.6. The summed E-state index contributed by atoms with van der Waals surface area (Å²) in [6.07, 6.45) is 3.43. The van der Waals surface area contributed by atoms with Crippen molar-refractivity contribution in [3.8, 4) is 0 Å². The summed E-state index contributed by atoms with van der Waals surface area (Å²) in [5, 5.41) is 3.53. The maximum atomic E-state index is 5.45. The third kappa shape index (κ3) is 4.33. The fourth-order valence-corrected chi connectivity index (χ4v) is 2.49. The van der Waals surface area contributed by atoms with Gasteiger partial charge in [0.25, 0.3) is 0 Å². The van der Waals surface area contributed by atoms with Crippen LogP contribution in [0, 0.1) is 0 Å². The molecule has 1 aromatic heterocycles. The molecular formula is C12H22N2S. The highest BCUT2D eigenvalue weighted by molar-refractivity contribution is 7.12. The fourth-order valence-electron chi connectivity index (χ4n) is 1.51. The second kappa shape index (κ2) is 6.99. The molecule has 0 amide bonds. The molecule has 0 aromatic carbocycles. The van der Waals surface area contributed by atoms with Crippen LogP contribution in [0.1, 0.15) is 42.5 Å². The summed E-state index contributed by atoms with van der Waals surface area (Å²) in [6.45, 7) is 6.30. The minimum absolute atomic E-state index is 0.480. The van der Waals surface area contributed by atoms with E-state index in [0.717, 1.165) is 25.9 Å². The van der Waals surface area contributed by atoms with Gasteiger partial charge in [-0.1, -0.05) is 6.92 Å². The van der Waals surface area contributed by atoms with Crippen molar-refractivity contribution in [2.45, 2.75) is 39.2 Å². The summed E-state index contributed by atoms with van der Waals surface area (Å²) in [5.41, 5.74) is 5.45. The lowest BCUT2D eigenvalue weighted by molar-refractivity contribution is 0.555. The number of unbranched alkanes of at least 4 members (excludes halogenated alkanes) is 1. The molecule has 0 saturated carbocycles. The smallest absolute Gasteiger partial charge is 0.0386 e. The van der Waals surface area contributed by atoms with E-state index < -0.39 is 0 Å². The summed E-state index contributed by atoms with van der Waals surface area (Å²) < 4.78 is 0. The highest BCUT2D eigenvalue weighted by Crippen LogP contribution is 2.23. The quantitative estimate of drug-likeness (QED) is 0.702. The van der Waals surface area contributed by atoms with Crippen molar-refractivity contribution < 1.29 is 0 Å². The Hall–Kier alpha value is -0.380. The van der Waals surface area contributed by atoms with E-state index in [1.54, 1.807) is 0 Å². The Morgan fingerprint density at radius 1 is 1.40 bits per heavy atom. The summed E-state index contributed by atoms with van der Waals surface area (Å²) in [7, 11) is 0. The number of nitrogens with two attached hydrogens (primary N) is 1. The Morgan fingerprint density at radius 2 is 2.20 bits per heavy atom. The Morgan fingerprint density at radius 3 is 2.80 bits per heavy atom. The van der Waals surface area contributed by atoms with Crippen molar-refractivity contribution in [1.29, 1.82) is 0 Å². The average Bonchev–Trinajstić information content (AvgIpc) is 2.72. The molecular weight excluding hydrogens is 204 g/mol. The molecule has 1 atom stereocenters. The van der Waals surface area contributed by atoms with E-state index in [-0.39, 0.29) is 0 Å². The van der Waals surface area contributed by atoms with Crippen LogP contribution in [-0.2, 0) is 6.42 Å². The Balaban J connectivity index is 2.29. The summed E-state index contributed by atoms with van der Waals surface area (Å²) in [4.78, 5) is 2.92. The van der Waals surface area contributed by atoms with E-state index in [9.17, 15) is 0 Å². The van der Waals surface area contributed by atoms with Crippen molar-refractivity contribution in [2.24, 2.45) is 5.73 Å². The number of nitrogens with one attached hydrogen (secondary N) is 1. The molecule has 0 fully saturated rings. The van der Waals surface area contributed by atoms with Gasteiger partial charge in [0.05, 0.1) is 0 Å². The number of aryl methyl sites for hydroxylation is 1. The van der Waals surface area contributed by atoms with Crippen molar-refractivity contribution >= 4 is 11.3 Å². The van der Waals surface area contributed by atoms with E-state index in [1.165, 1.54) is 16.2 Å². The summed E-state index contributed by atoms with van der Waals surface area (Å²) >= 11 is 1.92. The SMILES string of the molecule is CCc1ccc(C(C)NCCCCN)s1.